The topological polar surface area (TPSA) is 139 Å². The van der Waals surface area contributed by atoms with Crippen molar-refractivity contribution in [3.8, 4) is 5.75 Å². The van der Waals surface area contributed by atoms with Gasteiger partial charge in [-0.3, -0.25) is 19.7 Å². The predicted molar refractivity (Wildman–Crippen MR) is 106 cm³/mol. The van der Waals surface area contributed by atoms with Crippen LogP contribution in [-0.4, -0.2) is 45.1 Å². The number of imide groups is 1. The molecule has 1 saturated carbocycles. The first-order valence-corrected chi connectivity index (χ1v) is 9.96. The molecule has 0 aromatic heterocycles. The number of carboxylic acids is 1. The Morgan fingerprint density at radius 2 is 1.93 bits per heavy atom. The molecule has 1 aromatic carbocycles. The van der Waals surface area contributed by atoms with E-state index in [1.807, 2.05) is 12.2 Å². The molecule has 2 aliphatic carbocycles. The van der Waals surface area contributed by atoms with E-state index < -0.39 is 46.3 Å². The van der Waals surface area contributed by atoms with Gasteiger partial charge in [-0.1, -0.05) is 28.1 Å². The van der Waals surface area contributed by atoms with Gasteiger partial charge in [0.2, 0.25) is 5.75 Å². The molecular weight excluding hydrogens is 462 g/mol. The Morgan fingerprint density at radius 1 is 1.33 bits per heavy atom. The van der Waals surface area contributed by atoms with E-state index in [1.54, 1.807) is 0 Å². The van der Waals surface area contributed by atoms with Gasteiger partial charge in [0.25, 0.3) is 11.8 Å². The van der Waals surface area contributed by atoms with Gasteiger partial charge in [-0.2, -0.15) is 10.1 Å². The van der Waals surface area contributed by atoms with Crippen molar-refractivity contribution in [2.24, 2.45) is 28.8 Å². The van der Waals surface area contributed by atoms with Crippen LogP contribution in [0, 0.1) is 33.8 Å². The zero-order valence-electron chi connectivity index (χ0n) is 15.6. The summed E-state index contributed by atoms with van der Waals surface area (Å²) in [4.78, 5) is 47.3. The molecule has 1 saturated heterocycles. The highest BCUT2D eigenvalue weighted by Gasteiger charge is 2.59. The third-order valence-electron chi connectivity index (χ3n) is 5.66. The van der Waals surface area contributed by atoms with E-state index in [2.05, 4.69) is 21.0 Å². The molecule has 1 N–H and O–H groups in total. The summed E-state index contributed by atoms with van der Waals surface area (Å²) in [6, 6.07) is 2.60. The normalized spacial score (nSPS) is 27.7. The lowest BCUT2D eigenvalue weighted by atomic mass is 9.85. The van der Waals surface area contributed by atoms with Gasteiger partial charge < -0.3 is 9.84 Å². The molecule has 30 heavy (non-hydrogen) atoms. The highest BCUT2D eigenvalue weighted by Crippen LogP contribution is 2.52. The number of benzene rings is 1. The molecule has 0 unspecified atom stereocenters. The number of hydrogen-bond acceptors (Lipinski definition) is 7. The summed E-state index contributed by atoms with van der Waals surface area (Å²) >= 11 is 3.16. The molecule has 1 heterocycles. The lowest BCUT2D eigenvalue weighted by molar-refractivity contribution is -0.386. The van der Waals surface area contributed by atoms with Gasteiger partial charge in [0.1, 0.15) is 0 Å². The van der Waals surface area contributed by atoms with E-state index in [0.717, 1.165) is 17.6 Å². The molecule has 0 radical (unpaired) electrons. The highest BCUT2D eigenvalue weighted by molar-refractivity contribution is 9.10. The second-order valence-electron chi connectivity index (χ2n) is 7.43. The van der Waals surface area contributed by atoms with Crippen molar-refractivity contribution in [2.75, 3.05) is 0 Å². The SMILES string of the molecule is C[C@H](Oc1c(C=NN2C(=O)[C@@H]3[C@H](C2=O)[C@H]2C=C[C@H]3C2)cc(Br)cc1[N+](=O)[O-])C(=O)O. The summed E-state index contributed by atoms with van der Waals surface area (Å²) in [6.07, 6.45) is 4.44. The summed E-state index contributed by atoms with van der Waals surface area (Å²) in [5.41, 5.74) is -0.417. The average Bonchev–Trinajstić information content (AvgIpc) is 3.36. The number of hydrogen-bond donors (Lipinski definition) is 1. The molecule has 2 bridgehead atoms. The van der Waals surface area contributed by atoms with E-state index in [-0.39, 0.29) is 23.1 Å². The maximum absolute atomic E-state index is 12.7. The first-order chi connectivity index (χ1) is 14.2. The Hall–Kier alpha value is -3.08. The number of nitro groups is 1. The largest absolute Gasteiger partial charge is 0.479 e. The Morgan fingerprint density at radius 3 is 2.47 bits per heavy atom. The summed E-state index contributed by atoms with van der Waals surface area (Å²) in [5.74, 6) is -3.22. The predicted octanol–water partition coefficient (Wildman–Crippen LogP) is 2.35. The number of halogens is 1. The number of nitro benzene ring substituents is 1. The fourth-order valence-corrected chi connectivity index (χ4v) is 4.77. The van der Waals surface area contributed by atoms with Crippen LogP contribution >= 0.6 is 15.9 Å². The van der Waals surface area contributed by atoms with Crippen LogP contribution in [0.2, 0.25) is 0 Å². The molecule has 1 aliphatic heterocycles. The van der Waals surface area contributed by atoms with Gasteiger partial charge in [-0.15, -0.1) is 0 Å². The second kappa shape index (κ2) is 7.31. The Bertz CT molecular complexity index is 1010. The molecule has 5 atom stereocenters. The standard InChI is InChI=1S/C19H16BrN3O7/c1-8(19(26)27)30-16-11(5-12(20)6-13(16)23(28)29)7-21-22-17(24)14-9-2-3-10(4-9)15(14)18(22)25/h2-3,5-10,14-15H,4H2,1H3,(H,26,27)/t8-,9-,10-,14-,15+/m0/s1. The first kappa shape index (κ1) is 20.2. The average molecular weight is 478 g/mol. The number of nitrogens with zero attached hydrogens (tertiary/aromatic N) is 3. The third-order valence-corrected chi connectivity index (χ3v) is 6.12. The molecular formula is C19H16BrN3O7. The Labute approximate surface area is 178 Å². The monoisotopic (exact) mass is 477 g/mol. The molecule has 2 amide bonds. The third kappa shape index (κ3) is 3.18. The number of amides is 2. The van der Waals surface area contributed by atoms with Gasteiger partial charge in [0.05, 0.1) is 23.0 Å². The zero-order chi connectivity index (χ0) is 21.7. The van der Waals surface area contributed by atoms with Gasteiger partial charge >= 0.3 is 11.7 Å². The van der Waals surface area contributed by atoms with Crippen LogP contribution in [-0.2, 0) is 14.4 Å². The minimum absolute atomic E-state index is 0.0268. The van der Waals surface area contributed by atoms with Crippen molar-refractivity contribution in [3.05, 3.63) is 44.4 Å². The Kier molecular flexibility index (Phi) is 4.92. The van der Waals surface area contributed by atoms with E-state index in [4.69, 9.17) is 9.84 Å². The van der Waals surface area contributed by atoms with Gasteiger partial charge in [0.15, 0.2) is 6.10 Å². The number of allylic oxidation sites excluding steroid dienone is 2. The molecule has 0 spiro atoms. The highest BCUT2D eigenvalue weighted by atomic mass is 79.9. The smallest absolute Gasteiger partial charge is 0.344 e. The van der Waals surface area contributed by atoms with Gasteiger partial charge in [-0.25, -0.2) is 4.79 Å². The van der Waals surface area contributed by atoms with Crippen LogP contribution in [0.25, 0.3) is 0 Å². The first-order valence-electron chi connectivity index (χ1n) is 9.16. The number of carbonyl (C=O) groups is 3. The van der Waals surface area contributed by atoms with E-state index in [0.29, 0.717) is 4.47 Å². The molecule has 4 rings (SSSR count). The van der Waals surface area contributed by atoms with Crippen LogP contribution in [0.1, 0.15) is 18.9 Å². The van der Waals surface area contributed by atoms with E-state index >= 15 is 0 Å². The Balaban J connectivity index is 1.68. The van der Waals surface area contributed by atoms with Gasteiger partial charge in [0, 0.05) is 16.1 Å². The van der Waals surface area contributed by atoms with Crippen LogP contribution in [0.5, 0.6) is 5.75 Å². The van der Waals surface area contributed by atoms with E-state index in [1.165, 1.54) is 19.1 Å². The minimum atomic E-state index is -1.37. The summed E-state index contributed by atoms with van der Waals surface area (Å²) in [6.45, 7) is 1.23. The lowest BCUT2D eigenvalue weighted by Gasteiger charge is -2.14. The molecule has 1 aromatic rings. The van der Waals surface area contributed by atoms with Gasteiger partial charge in [-0.05, 0) is 31.2 Å². The maximum atomic E-state index is 12.7. The number of hydrazone groups is 1. The fraction of sp³-hybridized carbons (Fsp3) is 0.368. The number of carbonyl (C=O) groups excluding carboxylic acids is 2. The number of ether oxygens (including phenoxy) is 1. The van der Waals surface area contributed by atoms with Crippen molar-refractivity contribution in [3.63, 3.8) is 0 Å². The molecule has 156 valence electrons. The van der Waals surface area contributed by atoms with Crippen LogP contribution < -0.4 is 4.74 Å². The minimum Gasteiger partial charge on any atom is -0.479 e. The summed E-state index contributed by atoms with van der Waals surface area (Å²) < 4.78 is 5.61. The summed E-state index contributed by atoms with van der Waals surface area (Å²) in [5, 5.41) is 25.3. The van der Waals surface area contributed by atoms with Crippen LogP contribution in [0.15, 0.2) is 33.9 Å². The number of rotatable bonds is 6. The molecule has 11 heteroatoms. The number of fused-ring (bicyclic) bond motifs is 5. The second-order valence-corrected chi connectivity index (χ2v) is 8.35. The molecule has 10 nitrogen and oxygen atoms in total. The zero-order valence-corrected chi connectivity index (χ0v) is 17.2. The van der Waals surface area contributed by atoms with Crippen molar-refractivity contribution < 1.29 is 29.2 Å². The van der Waals surface area contributed by atoms with Crippen molar-refractivity contribution in [1.29, 1.82) is 0 Å². The number of carboxylic acid groups (broad SMARTS) is 1. The quantitative estimate of drug-likeness (QED) is 0.218. The van der Waals surface area contributed by atoms with Crippen molar-refractivity contribution in [1.82, 2.24) is 5.01 Å². The molecule has 2 fully saturated rings. The fourth-order valence-electron chi connectivity index (χ4n) is 4.31. The number of aliphatic carboxylic acids is 1. The molecule has 3 aliphatic rings. The van der Waals surface area contributed by atoms with Crippen LogP contribution in [0.3, 0.4) is 0 Å². The maximum Gasteiger partial charge on any atom is 0.344 e. The van der Waals surface area contributed by atoms with Crippen LogP contribution in [0.4, 0.5) is 5.69 Å². The van der Waals surface area contributed by atoms with E-state index in [9.17, 15) is 24.5 Å². The van der Waals surface area contributed by atoms with Crippen molar-refractivity contribution in [2.45, 2.75) is 19.4 Å². The lowest BCUT2D eigenvalue weighted by Crippen LogP contribution is -2.28. The van der Waals surface area contributed by atoms with Crippen molar-refractivity contribution >= 4 is 45.6 Å². The summed E-state index contributed by atoms with van der Waals surface area (Å²) in [7, 11) is 0.